The number of anilines is 1. The van der Waals surface area contributed by atoms with Gasteiger partial charge >= 0.3 is 0 Å². The van der Waals surface area contributed by atoms with Gasteiger partial charge < -0.3 is 11.1 Å². The highest BCUT2D eigenvalue weighted by molar-refractivity contribution is 5.94. The Labute approximate surface area is 88.5 Å². The van der Waals surface area contributed by atoms with E-state index in [1.165, 1.54) is 18.2 Å². The van der Waals surface area contributed by atoms with Crippen molar-refractivity contribution in [3.63, 3.8) is 0 Å². The molecule has 0 saturated heterocycles. The first kappa shape index (κ1) is 11.7. The fourth-order valence-electron chi connectivity index (χ4n) is 1.09. The second-order valence-electron chi connectivity index (χ2n) is 3.77. The van der Waals surface area contributed by atoms with Gasteiger partial charge in [0.25, 0.3) is 0 Å². The minimum absolute atomic E-state index is 0.0542. The zero-order valence-corrected chi connectivity index (χ0v) is 8.83. The summed E-state index contributed by atoms with van der Waals surface area (Å²) in [6, 6.07) is 5.15. The maximum Gasteiger partial charge on any atom is 0.241 e. The average Bonchev–Trinajstić information content (AvgIpc) is 2.16. The molecule has 0 radical (unpaired) electrons. The number of hydrogen-bond donors (Lipinski definition) is 2. The molecule has 0 fully saturated rings. The molecule has 0 aliphatic carbocycles. The van der Waals surface area contributed by atoms with Gasteiger partial charge in [-0.3, -0.25) is 4.79 Å². The normalized spacial score (nSPS) is 12.6. The minimum Gasteiger partial charge on any atom is -0.325 e. The van der Waals surface area contributed by atoms with Gasteiger partial charge in [0, 0.05) is 5.69 Å². The Morgan fingerprint density at radius 2 is 2.13 bits per heavy atom. The third-order valence-corrected chi connectivity index (χ3v) is 2.11. The lowest BCUT2D eigenvalue weighted by Gasteiger charge is -2.15. The fourth-order valence-corrected chi connectivity index (χ4v) is 1.09. The molecular formula is C11H15FN2O. The van der Waals surface area contributed by atoms with Gasteiger partial charge in [0.05, 0.1) is 6.04 Å². The monoisotopic (exact) mass is 210 g/mol. The summed E-state index contributed by atoms with van der Waals surface area (Å²) in [5.41, 5.74) is 6.07. The second kappa shape index (κ2) is 4.89. The van der Waals surface area contributed by atoms with E-state index in [4.69, 9.17) is 5.73 Å². The van der Waals surface area contributed by atoms with E-state index >= 15 is 0 Å². The number of amides is 1. The largest absolute Gasteiger partial charge is 0.325 e. The molecule has 0 spiro atoms. The Morgan fingerprint density at radius 3 is 2.67 bits per heavy atom. The van der Waals surface area contributed by atoms with E-state index in [0.717, 1.165) is 0 Å². The summed E-state index contributed by atoms with van der Waals surface area (Å²) in [6.45, 7) is 3.71. The maximum atomic E-state index is 12.8. The van der Waals surface area contributed by atoms with E-state index in [-0.39, 0.29) is 17.6 Å². The molecule has 3 N–H and O–H groups in total. The number of carbonyl (C=O) groups excluding carboxylic acids is 1. The van der Waals surface area contributed by atoms with Gasteiger partial charge in [-0.2, -0.15) is 0 Å². The van der Waals surface area contributed by atoms with Crippen LogP contribution in [0.2, 0.25) is 0 Å². The van der Waals surface area contributed by atoms with Crippen molar-refractivity contribution in [2.75, 3.05) is 5.32 Å². The first-order chi connectivity index (χ1) is 7.00. The van der Waals surface area contributed by atoms with Gasteiger partial charge in [-0.15, -0.1) is 0 Å². The minimum atomic E-state index is -0.576. The SMILES string of the molecule is CC(C)C(N)C(=O)Nc1cccc(F)c1. The van der Waals surface area contributed by atoms with Crippen LogP contribution in [0.1, 0.15) is 13.8 Å². The van der Waals surface area contributed by atoms with Crippen LogP contribution in [0.5, 0.6) is 0 Å². The van der Waals surface area contributed by atoms with Crippen LogP contribution in [0.4, 0.5) is 10.1 Å². The summed E-state index contributed by atoms with van der Waals surface area (Å²) in [4.78, 5) is 11.5. The number of benzene rings is 1. The smallest absolute Gasteiger partial charge is 0.241 e. The molecule has 82 valence electrons. The van der Waals surface area contributed by atoms with Crippen LogP contribution in [0.25, 0.3) is 0 Å². The molecule has 15 heavy (non-hydrogen) atoms. The molecule has 0 aliphatic rings. The Kier molecular flexibility index (Phi) is 3.80. The predicted molar refractivity (Wildman–Crippen MR) is 57.8 cm³/mol. The van der Waals surface area contributed by atoms with Crippen LogP contribution in [-0.4, -0.2) is 11.9 Å². The standard InChI is InChI=1S/C11H15FN2O/c1-7(2)10(13)11(15)14-9-5-3-4-8(12)6-9/h3-7,10H,13H2,1-2H3,(H,14,15). The summed E-state index contributed by atoms with van der Waals surface area (Å²) >= 11 is 0. The highest BCUT2D eigenvalue weighted by atomic mass is 19.1. The van der Waals surface area contributed by atoms with E-state index in [0.29, 0.717) is 5.69 Å². The maximum absolute atomic E-state index is 12.8. The molecule has 4 heteroatoms. The molecule has 0 bridgehead atoms. The number of nitrogens with one attached hydrogen (secondary N) is 1. The average molecular weight is 210 g/mol. The number of nitrogens with two attached hydrogens (primary N) is 1. The van der Waals surface area contributed by atoms with E-state index in [2.05, 4.69) is 5.32 Å². The molecule has 0 saturated carbocycles. The van der Waals surface area contributed by atoms with Crippen LogP contribution in [0, 0.1) is 11.7 Å². The van der Waals surface area contributed by atoms with Crippen LogP contribution >= 0.6 is 0 Å². The third kappa shape index (κ3) is 3.32. The van der Waals surface area contributed by atoms with Gasteiger partial charge in [-0.1, -0.05) is 19.9 Å². The first-order valence-electron chi connectivity index (χ1n) is 4.82. The topological polar surface area (TPSA) is 55.1 Å². The molecule has 1 unspecified atom stereocenters. The van der Waals surface area contributed by atoms with E-state index in [9.17, 15) is 9.18 Å². The summed E-state index contributed by atoms with van der Waals surface area (Å²) < 4.78 is 12.8. The fraction of sp³-hybridized carbons (Fsp3) is 0.364. The van der Waals surface area contributed by atoms with Crippen molar-refractivity contribution in [1.82, 2.24) is 0 Å². The molecule has 1 aromatic rings. The van der Waals surface area contributed by atoms with Crippen molar-refractivity contribution in [1.29, 1.82) is 0 Å². The van der Waals surface area contributed by atoms with E-state index in [1.807, 2.05) is 13.8 Å². The Balaban J connectivity index is 2.66. The highest BCUT2D eigenvalue weighted by Gasteiger charge is 2.16. The van der Waals surface area contributed by atoms with Gasteiger partial charge in [0.1, 0.15) is 5.82 Å². The molecule has 0 aromatic heterocycles. The lowest BCUT2D eigenvalue weighted by atomic mass is 10.1. The van der Waals surface area contributed by atoms with Gasteiger partial charge in [0.2, 0.25) is 5.91 Å². The van der Waals surface area contributed by atoms with Crippen LogP contribution in [-0.2, 0) is 4.79 Å². The quantitative estimate of drug-likeness (QED) is 0.798. The van der Waals surface area contributed by atoms with E-state index in [1.54, 1.807) is 6.07 Å². The summed E-state index contributed by atoms with van der Waals surface area (Å²) in [5, 5.41) is 2.56. The van der Waals surface area contributed by atoms with Crippen molar-refractivity contribution in [3.8, 4) is 0 Å². The molecule has 1 atom stereocenters. The van der Waals surface area contributed by atoms with Crippen LogP contribution in [0.15, 0.2) is 24.3 Å². The zero-order valence-electron chi connectivity index (χ0n) is 8.83. The van der Waals surface area contributed by atoms with Crippen LogP contribution in [0.3, 0.4) is 0 Å². The Hall–Kier alpha value is -1.42. The number of halogens is 1. The second-order valence-corrected chi connectivity index (χ2v) is 3.77. The first-order valence-corrected chi connectivity index (χ1v) is 4.82. The predicted octanol–water partition coefficient (Wildman–Crippen LogP) is 1.75. The molecule has 1 rings (SSSR count). The van der Waals surface area contributed by atoms with Crippen molar-refractivity contribution < 1.29 is 9.18 Å². The molecular weight excluding hydrogens is 195 g/mol. The molecule has 1 amide bonds. The van der Waals surface area contributed by atoms with Crippen molar-refractivity contribution in [3.05, 3.63) is 30.1 Å². The van der Waals surface area contributed by atoms with Gasteiger partial charge in [-0.25, -0.2) is 4.39 Å². The number of hydrogen-bond acceptors (Lipinski definition) is 2. The van der Waals surface area contributed by atoms with Crippen LogP contribution < -0.4 is 11.1 Å². The Bertz CT molecular complexity index is 352. The lowest BCUT2D eigenvalue weighted by molar-refractivity contribution is -0.118. The lowest BCUT2D eigenvalue weighted by Crippen LogP contribution is -2.39. The third-order valence-electron chi connectivity index (χ3n) is 2.11. The highest BCUT2D eigenvalue weighted by Crippen LogP contribution is 2.10. The van der Waals surface area contributed by atoms with Crippen molar-refractivity contribution in [2.24, 2.45) is 11.7 Å². The van der Waals surface area contributed by atoms with Crippen molar-refractivity contribution >= 4 is 11.6 Å². The molecule has 3 nitrogen and oxygen atoms in total. The number of carbonyl (C=O) groups is 1. The number of rotatable bonds is 3. The Morgan fingerprint density at radius 1 is 1.47 bits per heavy atom. The summed E-state index contributed by atoms with van der Waals surface area (Å²) in [5.74, 6) is -0.625. The molecule has 0 heterocycles. The molecule has 0 aliphatic heterocycles. The van der Waals surface area contributed by atoms with Gasteiger partial charge in [0.15, 0.2) is 0 Å². The summed E-state index contributed by atoms with van der Waals surface area (Å²) in [6.07, 6.45) is 0. The van der Waals surface area contributed by atoms with E-state index < -0.39 is 6.04 Å². The summed E-state index contributed by atoms with van der Waals surface area (Å²) in [7, 11) is 0. The zero-order chi connectivity index (χ0) is 11.4. The van der Waals surface area contributed by atoms with Gasteiger partial charge in [-0.05, 0) is 24.1 Å². The molecule has 1 aromatic carbocycles. The van der Waals surface area contributed by atoms with Crippen molar-refractivity contribution in [2.45, 2.75) is 19.9 Å².